The average molecular weight is 250 g/mol. The summed E-state index contributed by atoms with van der Waals surface area (Å²) in [6.45, 7) is 7.71. The van der Waals surface area contributed by atoms with E-state index in [1.165, 1.54) is 6.42 Å². The van der Waals surface area contributed by atoms with Crippen molar-refractivity contribution in [3.8, 4) is 0 Å². The van der Waals surface area contributed by atoms with Gasteiger partial charge in [0, 0.05) is 37.2 Å². The van der Waals surface area contributed by atoms with E-state index in [-0.39, 0.29) is 6.04 Å². The fourth-order valence-electron chi connectivity index (χ4n) is 2.18. The molecule has 0 saturated heterocycles. The van der Waals surface area contributed by atoms with Crippen LogP contribution >= 0.6 is 0 Å². The van der Waals surface area contributed by atoms with Crippen molar-refractivity contribution < 1.29 is 0 Å². The lowest BCUT2D eigenvalue weighted by atomic mass is 10.0. The third kappa shape index (κ3) is 5.56. The second-order valence-electron chi connectivity index (χ2n) is 5.61. The van der Waals surface area contributed by atoms with Crippen LogP contribution in [0.4, 0.5) is 0 Å². The minimum Gasteiger partial charge on any atom is -0.308 e. The zero-order valence-corrected chi connectivity index (χ0v) is 12.2. The maximum Gasteiger partial charge on any atom is 0.0753 e. The lowest BCUT2D eigenvalue weighted by Crippen LogP contribution is -2.40. The zero-order valence-electron chi connectivity index (χ0n) is 12.2. The Kier molecular flexibility index (Phi) is 6.22. The lowest BCUT2D eigenvalue weighted by molar-refractivity contribution is 0.289. The van der Waals surface area contributed by atoms with E-state index >= 15 is 0 Å². The first kappa shape index (κ1) is 15.1. The summed E-state index contributed by atoms with van der Waals surface area (Å²) in [6, 6.07) is 0.722. The van der Waals surface area contributed by atoms with Crippen LogP contribution in [0.3, 0.4) is 0 Å². The van der Waals surface area contributed by atoms with Gasteiger partial charge in [0.1, 0.15) is 0 Å². The smallest absolute Gasteiger partial charge is 0.0753 e. The van der Waals surface area contributed by atoms with E-state index in [1.807, 2.05) is 6.20 Å². The standard InChI is InChI=1S/C14H26N4/c1-11(2)8-13(10-18(4)5)17-12(3)14-9-15-6-7-16-14/h6-7,9,11-13,17H,8,10H2,1-5H3. The van der Waals surface area contributed by atoms with Gasteiger partial charge in [-0.1, -0.05) is 13.8 Å². The van der Waals surface area contributed by atoms with E-state index in [9.17, 15) is 0 Å². The number of nitrogens with zero attached hydrogens (tertiary/aromatic N) is 3. The highest BCUT2D eigenvalue weighted by Gasteiger charge is 2.16. The van der Waals surface area contributed by atoms with Gasteiger partial charge in [-0.15, -0.1) is 0 Å². The largest absolute Gasteiger partial charge is 0.308 e. The Morgan fingerprint density at radius 3 is 2.44 bits per heavy atom. The molecule has 0 aliphatic heterocycles. The van der Waals surface area contributed by atoms with E-state index in [4.69, 9.17) is 0 Å². The van der Waals surface area contributed by atoms with Gasteiger partial charge in [-0.05, 0) is 33.4 Å². The molecule has 18 heavy (non-hydrogen) atoms. The quantitative estimate of drug-likeness (QED) is 0.804. The topological polar surface area (TPSA) is 41.0 Å². The molecule has 1 N–H and O–H groups in total. The molecule has 4 heteroatoms. The molecule has 1 aromatic heterocycles. The van der Waals surface area contributed by atoms with Gasteiger partial charge in [-0.25, -0.2) is 0 Å². The molecule has 0 bridgehead atoms. The van der Waals surface area contributed by atoms with Gasteiger partial charge in [0.2, 0.25) is 0 Å². The van der Waals surface area contributed by atoms with Gasteiger partial charge in [-0.3, -0.25) is 9.97 Å². The van der Waals surface area contributed by atoms with Crippen molar-refractivity contribution in [2.75, 3.05) is 20.6 Å². The van der Waals surface area contributed by atoms with Crippen LogP contribution in [0.15, 0.2) is 18.6 Å². The van der Waals surface area contributed by atoms with Crippen molar-refractivity contribution in [1.82, 2.24) is 20.2 Å². The Bertz CT molecular complexity index is 314. The summed E-state index contributed by atoms with van der Waals surface area (Å²) in [4.78, 5) is 10.7. The predicted molar refractivity (Wildman–Crippen MR) is 75.4 cm³/mol. The average Bonchev–Trinajstić information content (AvgIpc) is 2.28. The molecule has 1 rings (SSSR count). The van der Waals surface area contributed by atoms with Crippen molar-refractivity contribution >= 4 is 0 Å². The molecule has 0 aliphatic rings. The van der Waals surface area contributed by atoms with Crippen LogP contribution in [0.2, 0.25) is 0 Å². The molecule has 1 heterocycles. The minimum absolute atomic E-state index is 0.238. The van der Waals surface area contributed by atoms with Crippen molar-refractivity contribution in [3.63, 3.8) is 0 Å². The normalized spacial score (nSPS) is 15.1. The maximum absolute atomic E-state index is 4.35. The van der Waals surface area contributed by atoms with Gasteiger partial charge in [0.05, 0.1) is 5.69 Å². The molecule has 0 fully saturated rings. The number of rotatable bonds is 7. The van der Waals surface area contributed by atoms with Crippen LogP contribution in [0, 0.1) is 5.92 Å². The van der Waals surface area contributed by atoms with Crippen molar-refractivity contribution in [1.29, 1.82) is 0 Å². The molecule has 0 spiro atoms. The first-order chi connectivity index (χ1) is 8.49. The summed E-state index contributed by atoms with van der Waals surface area (Å²) in [5.74, 6) is 0.691. The van der Waals surface area contributed by atoms with Gasteiger partial charge >= 0.3 is 0 Å². The zero-order chi connectivity index (χ0) is 13.5. The molecule has 0 aromatic carbocycles. The summed E-state index contributed by atoms with van der Waals surface area (Å²) in [5.41, 5.74) is 1.00. The van der Waals surface area contributed by atoms with Crippen molar-refractivity contribution in [2.45, 2.75) is 39.3 Å². The summed E-state index contributed by atoms with van der Waals surface area (Å²) >= 11 is 0. The molecule has 4 nitrogen and oxygen atoms in total. The Morgan fingerprint density at radius 2 is 1.94 bits per heavy atom. The summed E-state index contributed by atoms with van der Waals surface area (Å²) in [5, 5.41) is 3.65. The third-order valence-corrected chi connectivity index (χ3v) is 2.85. The Labute approximate surface area is 111 Å². The molecular weight excluding hydrogens is 224 g/mol. The molecule has 0 amide bonds. The van der Waals surface area contributed by atoms with E-state index in [1.54, 1.807) is 12.4 Å². The van der Waals surface area contributed by atoms with Gasteiger partial charge < -0.3 is 10.2 Å². The minimum atomic E-state index is 0.238. The number of likely N-dealkylation sites (N-methyl/N-ethyl adjacent to an activating group) is 1. The summed E-state index contributed by atoms with van der Waals surface area (Å²) in [6.07, 6.45) is 6.46. The van der Waals surface area contributed by atoms with Crippen LogP contribution in [0.1, 0.15) is 38.9 Å². The fraction of sp³-hybridized carbons (Fsp3) is 0.714. The first-order valence-electron chi connectivity index (χ1n) is 6.65. The van der Waals surface area contributed by atoms with Gasteiger partial charge in [0.25, 0.3) is 0 Å². The lowest BCUT2D eigenvalue weighted by Gasteiger charge is -2.27. The number of hydrogen-bond donors (Lipinski definition) is 1. The van der Waals surface area contributed by atoms with Gasteiger partial charge in [-0.2, -0.15) is 0 Å². The van der Waals surface area contributed by atoms with Crippen molar-refractivity contribution in [2.24, 2.45) is 5.92 Å². The highest BCUT2D eigenvalue weighted by molar-refractivity contribution is 5.01. The SMILES string of the molecule is CC(C)CC(CN(C)C)NC(C)c1cnccn1. The Morgan fingerprint density at radius 1 is 1.22 bits per heavy atom. The molecule has 0 radical (unpaired) electrons. The Hall–Kier alpha value is -1.00. The fourth-order valence-corrected chi connectivity index (χ4v) is 2.18. The van der Waals surface area contributed by atoms with E-state index in [0.717, 1.165) is 12.2 Å². The summed E-state index contributed by atoms with van der Waals surface area (Å²) < 4.78 is 0. The van der Waals surface area contributed by atoms with Crippen LogP contribution < -0.4 is 5.32 Å². The molecule has 0 aliphatic carbocycles. The monoisotopic (exact) mass is 250 g/mol. The van der Waals surface area contributed by atoms with E-state index in [0.29, 0.717) is 12.0 Å². The van der Waals surface area contributed by atoms with E-state index in [2.05, 4.69) is 55.1 Å². The second kappa shape index (κ2) is 7.44. The molecule has 2 atom stereocenters. The van der Waals surface area contributed by atoms with Crippen LogP contribution in [-0.4, -0.2) is 41.5 Å². The molecule has 0 saturated carbocycles. The second-order valence-corrected chi connectivity index (χ2v) is 5.61. The number of hydrogen-bond acceptors (Lipinski definition) is 4. The van der Waals surface area contributed by atoms with Crippen LogP contribution in [-0.2, 0) is 0 Å². The highest BCUT2D eigenvalue weighted by Crippen LogP contribution is 2.12. The molecule has 102 valence electrons. The third-order valence-electron chi connectivity index (χ3n) is 2.85. The maximum atomic E-state index is 4.35. The molecule has 2 unspecified atom stereocenters. The van der Waals surface area contributed by atoms with Crippen molar-refractivity contribution in [3.05, 3.63) is 24.3 Å². The highest BCUT2D eigenvalue weighted by atomic mass is 15.1. The van der Waals surface area contributed by atoms with Gasteiger partial charge in [0.15, 0.2) is 0 Å². The molecular formula is C14H26N4. The van der Waals surface area contributed by atoms with Crippen LogP contribution in [0.25, 0.3) is 0 Å². The summed E-state index contributed by atoms with van der Waals surface area (Å²) in [7, 11) is 4.23. The van der Waals surface area contributed by atoms with E-state index < -0.39 is 0 Å². The number of nitrogens with one attached hydrogen (secondary N) is 1. The first-order valence-corrected chi connectivity index (χ1v) is 6.65. The number of aromatic nitrogens is 2. The predicted octanol–water partition coefficient (Wildman–Crippen LogP) is 2.10. The van der Waals surface area contributed by atoms with Crippen LogP contribution in [0.5, 0.6) is 0 Å². The molecule has 1 aromatic rings. The Balaban J connectivity index is 2.59.